The number of hydrogen-bond donors (Lipinski definition) is 0. The Labute approximate surface area is 65.3 Å². The minimum absolute atomic E-state index is 0. The fourth-order valence-corrected chi connectivity index (χ4v) is 0.566. The third-order valence-electron chi connectivity index (χ3n) is 1.07. The van der Waals surface area contributed by atoms with Crippen molar-refractivity contribution in [2.24, 2.45) is 0 Å². The summed E-state index contributed by atoms with van der Waals surface area (Å²) in [7, 11) is 0. The topological polar surface area (TPSA) is 17.1 Å². The van der Waals surface area contributed by atoms with Gasteiger partial charge in [0.05, 0.1) is 0 Å². The summed E-state index contributed by atoms with van der Waals surface area (Å²) in [5, 5.41) is 0. The second kappa shape index (κ2) is 3.65. The van der Waals surface area contributed by atoms with Crippen LogP contribution in [0.15, 0.2) is 17.7 Å². The molecule has 1 rings (SSSR count). The van der Waals surface area contributed by atoms with Crippen molar-refractivity contribution in [1.82, 2.24) is 0 Å². The molecular formula is C7H7MnO-. The van der Waals surface area contributed by atoms with E-state index in [1.54, 1.807) is 0 Å². The Hall–Kier alpha value is -0.331. The standard InChI is InChI=1S/C7H7O.Mn/c1-6-2-4-7(8)5-3-6;/h2,5H,4H2,1H3;/q-1;. The van der Waals surface area contributed by atoms with Gasteiger partial charge in [-0.05, 0) is 0 Å². The van der Waals surface area contributed by atoms with Gasteiger partial charge in [0.2, 0.25) is 0 Å². The van der Waals surface area contributed by atoms with E-state index in [2.05, 4.69) is 6.08 Å². The summed E-state index contributed by atoms with van der Waals surface area (Å²) in [6.45, 7) is 1.93. The van der Waals surface area contributed by atoms with Crippen molar-refractivity contribution in [2.45, 2.75) is 13.3 Å². The predicted octanol–water partition coefficient (Wildman–Crippen LogP) is 1.26. The molecule has 0 heterocycles. The van der Waals surface area contributed by atoms with Crippen molar-refractivity contribution in [3.63, 3.8) is 0 Å². The molecule has 0 aromatic carbocycles. The van der Waals surface area contributed by atoms with Crippen molar-refractivity contribution in [1.29, 1.82) is 0 Å². The Kier molecular flexibility index (Phi) is 3.51. The summed E-state index contributed by atoms with van der Waals surface area (Å²) in [6, 6.07) is 0. The second-order valence-corrected chi connectivity index (χ2v) is 1.85. The Morgan fingerprint density at radius 2 is 2.33 bits per heavy atom. The molecular weight excluding hydrogens is 155 g/mol. The van der Waals surface area contributed by atoms with Crippen LogP contribution in [0.25, 0.3) is 0 Å². The monoisotopic (exact) mass is 162 g/mol. The van der Waals surface area contributed by atoms with Gasteiger partial charge in [0.25, 0.3) is 0 Å². The first kappa shape index (κ1) is 8.67. The second-order valence-electron chi connectivity index (χ2n) is 1.85. The average Bonchev–Trinajstić information content (AvgIpc) is 1.77. The van der Waals surface area contributed by atoms with Crippen LogP contribution in [0.5, 0.6) is 0 Å². The third-order valence-corrected chi connectivity index (χ3v) is 1.07. The van der Waals surface area contributed by atoms with Gasteiger partial charge in [0.1, 0.15) is 0 Å². The first-order chi connectivity index (χ1) is 3.79. The van der Waals surface area contributed by atoms with E-state index in [0.717, 1.165) is 5.57 Å². The van der Waals surface area contributed by atoms with Gasteiger partial charge < -0.3 is 4.79 Å². The molecule has 0 aliphatic heterocycles. The zero-order valence-electron chi connectivity index (χ0n) is 5.15. The molecule has 0 bridgehead atoms. The quantitative estimate of drug-likeness (QED) is 0.387. The zero-order valence-corrected chi connectivity index (χ0v) is 6.33. The summed E-state index contributed by atoms with van der Waals surface area (Å²) in [5.74, 6) is 0.149. The van der Waals surface area contributed by atoms with Crippen LogP contribution in [-0.4, -0.2) is 5.78 Å². The molecule has 2 heteroatoms. The number of allylic oxidation sites excluding steroid dienone is 4. The summed E-state index contributed by atoms with van der Waals surface area (Å²) < 4.78 is 0. The number of hydrogen-bond acceptors (Lipinski definition) is 1. The molecule has 0 fully saturated rings. The van der Waals surface area contributed by atoms with Crippen molar-refractivity contribution in [3.8, 4) is 0 Å². The van der Waals surface area contributed by atoms with E-state index < -0.39 is 0 Å². The molecule has 0 aromatic heterocycles. The molecule has 1 radical (unpaired) electrons. The van der Waals surface area contributed by atoms with Gasteiger partial charge in [-0.1, -0.05) is 13.3 Å². The summed E-state index contributed by atoms with van der Waals surface area (Å²) in [6.07, 6.45) is 6.75. The van der Waals surface area contributed by atoms with Crippen LogP contribution in [-0.2, 0) is 21.9 Å². The Morgan fingerprint density at radius 3 is 2.67 bits per heavy atom. The maximum absolute atomic E-state index is 10.4. The SMILES string of the molecule is CC1=CCC(=O)C=[C-]1.[Mn]. The predicted molar refractivity (Wildman–Crippen MR) is 31.2 cm³/mol. The van der Waals surface area contributed by atoms with Crippen LogP contribution in [0.4, 0.5) is 0 Å². The van der Waals surface area contributed by atoms with E-state index in [-0.39, 0.29) is 22.9 Å². The molecule has 0 unspecified atom stereocenters. The van der Waals surface area contributed by atoms with E-state index >= 15 is 0 Å². The van der Waals surface area contributed by atoms with E-state index in [1.807, 2.05) is 13.0 Å². The molecule has 0 amide bonds. The molecule has 0 spiro atoms. The number of ketones is 1. The molecule has 1 aliphatic rings. The van der Waals surface area contributed by atoms with Gasteiger partial charge in [-0.3, -0.25) is 0 Å². The zero-order chi connectivity index (χ0) is 5.98. The molecule has 0 N–H and O–H groups in total. The van der Waals surface area contributed by atoms with E-state index in [1.165, 1.54) is 6.08 Å². The molecule has 1 nitrogen and oxygen atoms in total. The van der Waals surface area contributed by atoms with Crippen molar-refractivity contribution in [3.05, 3.63) is 23.8 Å². The Bertz CT molecular complexity index is 165. The minimum atomic E-state index is 0. The van der Waals surface area contributed by atoms with Crippen molar-refractivity contribution in [2.75, 3.05) is 0 Å². The van der Waals surface area contributed by atoms with Crippen LogP contribution in [0.2, 0.25) is 0 Å². The van der Waals surface area contributed by atoms with Crippen LogP contribution >= 0.6 is 0 Å². The summed E-state index contributed by atoms with van der Waals surface area (Å²) in [4.78, 5) is 10.4. The number of carbonyl (C=O) groups is 1. The van der Waals surface area contributed by atoms with Crippen molar-refractivity contribution < 1.29 is 21.9 Å². The molecule has 49 valence electrons. The van der Waals surface area contributed by atoms with Gasteiger partial charge in [-0.15, -0.1) is 6.08 Å². The number of rotatable bonds is 0. The Morgan fingerprint density at radius 1 is 1.67 bits per heavy atom. The van der Waals surface area contributed by atoms with E-state index in [0.29, 0.717) is 6.42 Å². The minimum Gasteiger partial charge on any atom is -0.371 e. The smallest absolute Gasteiger partial charge is 0.0469 e. The van der Waals surface area contributed by atoms with Gasteiger partial charge >= 0.3 is 0 Å². The largest absolute Gasteiger partial charge is 0.371 e. The first-order valence-corrected chi connectivity index (χ1v) is 2.58. The normalized spacial score (nSPS) is 16.6. The molecule has 0 saturated carbocycles. The maximum Gasteiger partial charge on any atom is 0.0469 e. The average molecular weight is 162 g/mol. The van der Waals surface area contributed by atoms with Crippen LogP contribution in [0.3, 0.4) is 0 Å². The van der Waals surface area contributed by atoms with Gasteiger partial charge in [0.15, 0.2) is 0 Å². The maximum atomic E-state index is 10.4. The summed E-state index contributed by atoms with van der Waals surface area (Å²) >= 11 is 0. The molecule has 0 atom stereocenters. The number of carbonyl (C=O) groups excluding carboxylic acids is 1. The van der Waals surface area contributed by atoms with Gasteiger partial charge in [-0.25, -0.2) is 0 Å². The van der Waals surface area contributed by atoms with Crippen LogP contribution in [0, 0.1) is 6.08 Å². The fourth-order valence-electron chi connectivity index (χ4n) is 0.566. The molecule has 0 saturated heterocycles. The van der Waals surface area contributed by atoms with E-state index in [4.69, 9.17) is 0 Å². The molecule has 0 aromatic rings. The van der Waals surface area contributed by atoms with Crippen LogP contribution < -0.4 is 0 Å². The molecule has 9 heavy (non-hydrogen) atoms. The van der Waals surface area contributed by atoms with E-state index in [9.17, 15) is 4.79 Å². The molecule has 1 aliphatic carbocycles. The van der Waals surface area contributed by atoms with Crippen LogP contribution in [0.1, 0.15) is 13.3 Å². The third kappa shape index (κ3) is 2.64. The van der Waals surface area contributed by atoms with Gasteiger partial charge in [-0.2, -0.15) is 17.7 Å². The van der Waals surface area contributed by atoms with Crippen molar-refractivity contribution >= 4 is 5.78 Å². The summed E-state index contributed by atoms with van der Waals surface area (Å²) in [5.41, 5.74) is 1.06. The fraction of sp³-hybridized carbons (Fsp3) is 0.286. The van der Waals surface area contributed by atoms with Gasteiger partial charge in [0, 0.05) is 22.9 Å². The Balaban J connectivity index is 0.000000640. The first-order valence-electron chi connectivity index (χ1n) is 2.58.